The molecule has 0 atom stereocenters. The molecule has 3 nitrogen and oxygen atoms in total. The van der Waals surface area contributed by atoms with Crippen molar-refractivity contribution in [2.24, 2.45) is 0 Å². The number of carbonyl (C=O) groups excluding carboxylic acids is 3. The number of alkyl halides is 12. The Hall–Kier alpha value is -1.83. The summed E-state index contributed by atoms with van der Waals surface area (Å²) in [5, 5.41) is 0. The molecule has 0 unspecified atom stereocenters. The number of Topliss-reactive ketones (excluding diaryl/α,β-unsaturated/α-hetero) is 3. The molecule has 0 saturated carbocycles. The van der Waals surface area contributed by atoms with E-state index in [-0.39, 0.29) is 0 Å². The lowest BCUT2D eigenvalue weighted by atomic mass is 9.92. The van der Waals surface area contributed by atoms with Crippen molar-refractivity contribution in [1.29, 1.82) is 0 Å². The predicted octanol–water partition coefficient (Wildman–Crippen LogP) is 2.72. The zero-order valence-corrected chi connectivity index (χ0v) is 9.76. The summed E-state index contributed by atoms with van der Waals surface area (Å²) in [5.41, 5.74) is -7.13. The lowest BCUT2D eigenvalue weighted by Crippen LogP contribution is -2.63. The minimum atomic E-state index is -7.26. The summed E-state index contributed by atoms with van der Waals surface area (Å²) in [5.74, 6) is -19.7. The van der Waals surface area contributed by atoms with Crippen LogP contribution in [0, 0.1) is 0 Å². The fourth-order valence-corrected chi connectivity index (χ4v) is 0.949. The van der Waals surface area contributed by atoms with Gasteiger partial charge in [-0.25, -0.2) is 4.39 Å². The van der Waals surface area contributed by atoms with Gasteiger partial charge >= 0.3 is 30.1 Å². The molecule has 134 valence electrons. The highest BCUT2D eigenvalue weighted by Gasteiger charge is 2.80. The van der Waals surface area contributed by atoms with Gasteiger partial charge in [-0.2, -0.15) is 48.3 Å². The van der Waals surface area contributed by atoms with Gasteiger partial charge in [-0.15, -0.1) is 0 Å². The van der Waals surface area contributed by atoms with Crippen molar-refractivity contribution in [3.05, 3.63) is 0 Å². The van der Waals surface area contributed by atoms with Crippen LogP contribution in [0.2, 0.25) is 0 Å². The van der Waals surface area contributed by atoms with Gasteiger partial charge < -0.3 is 0 Å². The topological polar surface area (TPSA) is 51.2 Å². The fourth-order valence-electron chi connectivity index (χ4n) is 0.949. The van der Waals surface area contributed by atoms with E-state index in [0.717, 1.165) is 0 Å². The molecule has 0 aromatic rings. The Kier molecular flexibility index (Phi) is 4.94. The zero-order valence-electron chi connectivity index (χ0n) is 9.76. The first-order valence-corrected chi connectivity index (χ1v) is 4.63. The van der Waals surface area contributed by atoms with E-state index < -0.39 is 47.5 Å². The summed E-state index contributed by atoms with van der Waals surface area (Å²) in [6.45, 7) is 0. The van der Waals surface area contributed by atoms with Gasteiger partial charge in [0.05, 0.1) is 0 Å². The number of ketones is 3. The van der Waals surface area contributed by atoms with Gasteiger partial charge in [0.15, 0.2) is 0 Å². The summed E-state index contributed by atoms with van der Waals surface area (Å²) in [4.78, 5) is 31.6. The van der Waals surface area contributed by atoms with E-state index in [4.69, 9.17) is 0 Å². The van der Waals surface area contributed by atoms with Crippen LogP contribution in [0.25, 0.3) is 0 Å². The molecule has 0 N–H and O–H groups in total. The molecule has 23 heavy (non-hydrogen) atoms. The first kappa shape index (κ1) is 21.2. The van der Waals surface area contributed by atoms with Crippen LogP contribution in [0.3, 0.4) is 0 Å². The highest BCUT2D eigenvalue weighted by atomic mass is 19.4. The molecule has 0 heterocycles. The second-order valence-electron chi connectivity index (χ2n) is 3.71. The van der Waals surface area contributed by atoms with Crippen LogP contribution >= 0.6 is 0 Å². The van der Waals surface area contributed by atoms with E-state index in [1.807, 2.05) is 0 Å². The first-order chi connectivity index (χ1) is 9.73. The van der Waals surface area contributed by atoms with Crippen molar-refractivity contribution in [2.45, 2.75) is 30.1 Å². The fraction of sp³-hybridized carbons (Fsp3) is 0.625. The molecule has 0 aromatic carbocycles. The van der Waals surface area contributed by atoms with E-state index in [1.54, 1.807) is 0 Å². The molecule has 0 rings (SSSR count). The maximum Gasteiger partial charge on any atom is 0.461 e. The third kappa shape index (κ3) is 3.26. The van der Waals surface area contributed by atoms with Crippen LogP contribution < -0.4 is 0 Å². The van der Waals surface area contributed by atoms with E-state index in [9.17, 15) is 67.1 Å². The average Bonchev–Trinajstić information content (AvgIpc) is 2.30. The number of rotatable bonds is 4. The van der Waals surface area contributed by atoms with E-state index >= 15 is 0 Å². The summed E-state index contributed by atoms with van der Waals surface area (Å²) < 4.78 is 145. The van der Waals surface area contributed by atoms with Gasteiger partial charge in [-0.05, 0) is 0 Å². The number of halogens is 12. The zero-order chi connectivity index (χ0) is 19.2. The molecule has 0 aliphatic carbocycles. The standard InChI is InChI=1S/C8F12O3/c9-4(6(12,13)14,7(15,16)17)2(22)1(21)3(23)5(10,11)8(18,19)20. The minimum Gasteiger partial charge on any atom is -0.286 e. The third-order valence-corrected chi connectivity index (χ3v) is 2.15. The monoisotopic (exact) mass is 372 g/mol. The van der Waals surface area contributed by atoms with Gasteiger partial charge in [-0.1, -0.05) is 0 Å². The summed E-state index contributed by atoms with van der Waals surface area (Å²) in [7, 11) is 0. The van der Waals surface area contributed by atoms with Crippen molar-refractivity contribution in [3.63, 3.8) is 0 Å². The molecule has 0 aromatic heterocycles. The summed E-state index contributed by atoms with van der Waals surface area (Å²) in [6.07, 6.45) is -21.4. The highest BCUT2D eigenvalue weighted by molar-refractivity contribution is 6.66. The molecule has 0 bridgehead atoms. The molecule has 0 saturated heterocycles. The summed E-state index contributed by atoms with van der Waals surface area (Å²) in [6, 6.07) is 0. The Bertz CT molecular complexity index is 508. The molecular formula is C8F12O3. The van der Waals surface area contributed by atoms with E-state index in [2.05, 4.69) is 0 Å². The quantitative estimate of drug-likeness (QED) is 0.433. The number of hydrogen-bond donors (Lipinski definition) is 0. The molecule has 0 spiro atoms. The lowest BCUT2D eigenvalue weighted by molar-refractivity contribution is -0.324. The van der Waals surface area contributed by atoms with Crippen molar-refractivity contribution in [3.8, 4) is 0 Å². The number of carbonyl (C=O) groups is 3. The second-order valence-corrected chi connectivity index (χ2v) is 3.71. The Balaban J connectivity index is 6.04. The smallest absolute Gasteiger partial charge is 0.286 e. The van der Waals surface area contributed by atoms with Crippen LogP contribution in [-0.4, -0.2) is 47.5 Å². The van der Waals surface area contributed by atoms with Gasteiger partial charge in [0.25, 0.3) is 17.3 Å². The van der Waals surface area contributed by atoms with Crippen LogP contribution in [0.5, 0.6) is 0 Å². The van der Waals surface area contributed by atoms with Crippen LogP contribution in [-0.2, 0) is 14.4 Å². The molecular weight excluding hydrogens is 372 g/mol. The predicted molar refractivity (Wildman–Crippen MR) is 42.0 cm³/mol. The highest BCUT2D eigenvalue weighted by Crippen LogP contribution is 2.47. The third-order valence-electron chi connectivity index (χ3n) is 2.15. The van der Waals surface area contributed by atoms with Crippen molar-refractivity contribution in [1.82, 2.24) is 0 Å². The lowest BCUT2D eigenvalue weighted by Gasteiger charge is -2.28. The molecule has 15 heteroatoms. The van der Waals surface area contributed by atoms with Crippen LogP contribution in [0.15, 0.2) is 0 Å². The van der Waals surface area contributed by atoms with E-state index in [1.165, 1.54) is 0 Å². The Morgan fingerprint density at radius 1 is 0.478 bits per heavy atom. The molecule has 0 fully saturated rings. The average molecular weight is 372 g/mol. The Labute approximate surface area is 116 Å². The van der Waals surface area contributed by atoms with Crippen LogP contribution in [0.4, 0.5) is 52.7 Å². The SMILES string of the molecule is O=C(C(=O)C(F)(F)C(F)(F)F)C(=O)C(F)(C(F)(F)F)C(F)(F)F. The van der Waals surface area contributed by atoms with Gasteiger partial charge in [-0.3, -0.25) is 14.4 Å². The molecule has 0 amide bonds. The normalized spacial score (nSPS) is 14.6. The molecule has 0 radical (unpaired) electrons. The largest absolute Gasteiger partial charge is 0.461 e. The van der Waals surface area contributed by atoms with Crippen molar-refractivity contribution in [2.75, 3.05) is 0 Å². The Morgan fingerprint density at radius 3 is 1.00 bits per heavy atom. The van der Waals surface area contributed by atoms with Crippen LogP contribution in [0.1, 0.15) is 0 Å². The number of hydrogen-bond acceptors (Lipinski definition) is 3. The summed E-state index contributed by atoms with van der Waals surface area (Å²) >= 11 is 0. The molecule has 0 aliphatic rings. The second kappa shape index (κ2) is 5.36. The van der Waals surface area contributed by atoms with Crippen molar-refractivity contribution < 1.29 is 67.1 Å². The molecule has 0 aliphatic heterocycles. The van der Waals surface area contributed by atoms with Crippen molar-refractivity contribution >= 4 is 17.3 Å². The first-order valence-electron chi connectivity index (χ1n) is 4.63. The van der Waals surface area contributed by atoms with Gasteiger partial charge in [0.1, 0.15) is 0 Å². The maximum absolute atomic E-state index is 13.0. The van der Waals surface area contributed by atoms with E-state index in [0.29, 0.717) is 0 Å². The maximum atomic E-state index is 13.0. The van der Waals surface area contributed by atoms with Gasteiger partial charge in [0.2, 0.25) is 0 Å². The Morgan fingerprint density at radius 2 is 0.783 bits per heavy atom. The van der Waals surface area contributed by atoms with Gasteiger partial charge in [0, 0.05) is 0 Å². The minimum absolute atomic E-state index is 4.15.